The molecule has 21 nitrogen and oxygen atoms in total. The third kappa shape index (κ3) is 8.51. The highest BCUT2D eigenvalue weighted by molar-refractivity contribution is 7.66. The first-order valence-electron chi connectivity index (χ1n) is 10.3. The van der Waals surface area contributed by atoms with Crippen molar-refractivity contribution in [1.82, 2.24) is 19.5 Å². The summed E-state index contributed by atoms with van der Waals surface area (Å²) in [5.41, 5.74) is 14.6. The molecule has 3 unspecified atom stereocenters. The number of carbonyl (C=O) groups is 1. The lowest BCUT2D eigenvalue weighted by Crippen LogP contribution is -2.31. The lowest BCUT2D eigenvalue weighted by atomic mass is 10.2. The van der Waals surface area contributed by atoms with E-state index in [1.54, 1.807) is 0 Å². The van der Waals surface area contributed by atoms with Gasteiger partial charge in [-0.2, -0.15) is 8.62 Å². The SMILES string of the molecule is [N-]=[N+]=NCCCC(=O)OC1C[C@H](n2cnc3c(N)ncnc32)O[C@@H]1COP(=O)(O)OP(=O)(O)OP(=O)(O)O. The fourth-order valence-corrected chi connectivity index (χ4v) is 6.29. The number of phosphoric acid groups is 3. The molecule has 0 aliphatic carbocycles. The first kappa shape index (κ1) is 30.0. The molecule has 1 saturated heterocycles. The molecule has 24 heteroatoms. The molecule has 2 aromatic heterocycles. The average Bonchev–Trinajstić information content (AvgIpc) is 3.37. The van der Waals surface area contributed by atoms with Gasteiger partial charge >= 0.3 is 29.4 Å². The van der Waals surface area contributed by atoms with E-state index < -0.39 is 54.5 Å². The topological polar surface area (TPSA) is 314 Å². The van der Waals surface area contributed by atoms with Crippen LogP contribution in [-0.2, 0) is 41.1 Å². The monoisotopic (exact) mass is 602 g/mol. The summed E-state index contributed by atoms with van der Waals surface area (Å²) in [5, 5.41) is 3.30. The fraction of sp³-hybridized carbons (Fsp3) is 0.571. The summed E-state index contributed by atoms with van der Waals surface area (Å²) in [6.45, 7) is -0.826. The molecule has 6 N–H and O–H groups in total. The van der Waals surface area contributed by atoms with Gasteiger partial charge in [0.2, 0.25) is 0 Å². The maximum absolute atomic E-state index is 12.3. The predicted octanol–water partition coefficient (Wildman–Crippen LogP) is 1.04. The van der Waals surface area contributed by atoms with Gasteiger partial charge in [-0.05, 0) is 12.0 Å². The zero-order chi connectivity index (χ0) is 28.1. The van der Waals surface area contributed by atoms with E-state index in [0.29, 0.717) is 0 Å². The van der Waals surface area contributed by atoms with E-state index in [9.17, 15) is 28.3 Å². The standard InChI is InChI=1S/C14H21N8O13P3/c15-13-12-14(18-6-17-13)22(7-19-12)10-4-8(33-11(23)2-1-3-20-21-16)9(32-10)5-31-37(27,28)35-38(29,30)34-36(24,25)26/h6-10H,1-5H2,(H,27,28)(H,29,30)(H2,15,17,18)(H2,24,25,26)/t8?,9-,10-/m1/s1. The molecule has 0 saturated carbocycles. The van der Waals surface area contributed by atoms with Crippen molar-refractivity contribution in [3.63, 3.8) is 0 Å². The third-order valence-corrected chi connectivity index (χ3v) is 8.48. The van der Waals surface area contributed by atoms with E-state index in [-0.39, 0.29) is 42.8 Å². The van der Waals surface area contributed by atoms with Crippen LogP contribution in [0.3, 0.4) is 0 Å². The molecule has 5 atom stereocenters. The van der Waals surface area contributed by atoms with Crippen molar-refractivity contribution < 1.29 is 60.7 Å². The van der Waals surface area contributed by atoms with Gasteiger partial charge in [-0.3, -0.25) is 13.9 Å². The minimum Gasteiger partial charge on any atom is -0.459 e. The summed E-state index contributed by atoms with van der Waals surface area (Å²) in [7, 11) is -16.8. The Labute approximate surface area is 211 Å². The largest absolute Gasteiger partial charge is 0.490 e. The van der Waals surface area contributed by atoms with Gasteiger partial charge in [0.25, 0.3) is 0 Å². The maximum Gasteiger partial charge on any atom is 0.490 e. The van der Waals surface area contributed by atoms with Gasteiger partial charge in [0, 0.05) is 24.3 Å². The Morgan fingerprint density at radius 1 is 1.21 bits per heavy atom. The summed E-state index contributed by atoms with van der Waals surface area (Å²) >= 11 is 0. The van der Waals surface area contributed by atoms with Gasteiger partial charge in [0.15, 0.2) is 11.5 Å². The van der Waals surface area contributed by atoms with Gasteiger partial charge in [-0.1, -0.05) is 5.11 Å². The number of rotatable bonds is 13. The number of phosphoric ester groups is 1. The average molecular weight is 602 g/mol. The van der Waals surface area contributed by atoms with E-state index in [1.165, 1.54) is 17.2 Å². The molecule has 0 radical (unpaired) electrons. The van der Waals surface area contributed by atoms with Crippen molar-refractivity contribution >= 4 is 46.4 Å². The van der Waals surface area contributed by atoms with Crippen LogP contribution in [0.15, 0.2) is 17.8 Å². The quantitative estimate of drug-likeness (QED) is 0.0534. The normalized spacial score (nSPS) is 22.9. The number of nitrogen functional groups attached to an aromatic ring is 1. The number of carbonyl (C=O) groups excluding carboxylic acids is 1. The molecule has 0 aromatic carbocycles. The lowest BCUT2D eigenvalue weighted by molar-refractivity contribution is -0.153. The second kappa shape index (κ2) is 12.1. The molecule has 3 heterocycles. The number of imidazole rings is 1. The minimum absolute atomic E-state index is 0.0347. The molecule has 38 heavy (non-hydrogen) atoms. The number of ether oxygens (including phenoxy) is 2. The van der Waals surface area contributed by atoms with Crippen LogP contribution in [0.1, 0.15) is 25.5 Å². The van der Waals surface area contributed by atoms with Gasteiger partial charge < -0.3 is 34.8 Å². The Morgan fingerprint density at radius 2 is 1.95 bits per heavy atom. The zero-order valence-electron chi connectivity index (χ0n) is 18.9. The summed E-state index contributed by atoms with van der Waals surface area (Å²) in [6.07, 6.45) is -0.775. The van der Waals surface area contributed by atoms with Crippen LogP contribution >= 0.6 is 23.5 Å². The van der Waals surface area contributed by atoms with Crippen molar-refractivity contribution in [3.8, 4) is 0 Å². The van der Waals surface area contributed by atoms with Crippen molar-refractivity contribution in [1.29, 1.82) is 0 Å². The number of nitrogens with zero attached hydrogens (tertiary/aromatic N) is 7. The van der Waals surface area contributed by atoms with E-state index >= 15 is 0 Å². The molecule has 0 spiro atoms. The highest BCUT2D eigenvalue weighted by Gasteiger charge is 2.44. The maximum atomic E-state index is 12.3. The molecule has 1 fully saturated rings. The number of esters is 1. The number of aromatic nitrogens is 4. The summed E-state index contributed by atoms with van der Waals surface area (Å²) < 4.78 is 59.0. The molecular formula is C14H21N8O13P3. The van der Waals surface area contributed by atoms with Gasteiger partial charge in [-0.15, -0.1) is 0 Å². The number of anilines is 1. The Kier molecular flexibility index (Phi) is 9.59. The Morgan fingerprint density at radius 3 is 2.63 bits per heavy atom. The molecule has 0 amide bonds. The second-order valence-electron chi connectivity index (χ2n) is 7.42. The van der Waals surface area contributed by atoms with E-state index in [0.717, 1.165) is 0 Å². The second-order valence-corrected chi connectivity index (χ2v) is 11.8. The van der Waals surface area contributed by atoms with Gasteiger partial charge in [0.05, 0.1) is 12.9 Å². The van der Waals surface area contributed by atoms with Crippen LogP contribution in [0.4, 0.5) is 5.82 Å². The van der Waals surface area contributed by atoms with E-state index in [2.05, 4.69) is 38.1 Å². The highest BCUT2D eigenvalue weighted by atomic mass is 31.3. The number of azide groups is 1. The number of hydrogen-bond donors (Lipinski definition) is 5. The molecule has 3 rings (SSSR count). The Balaban J connectivity index is 1.74. The number of fused-ring (bicyclic) bond motifs is 1. The number of nitrogens with two attached hydrogens (primary N) is 1. The molecular weight excluding hydrogens is 581 g/mol. The highest BCUT2D eigenvalue weighted by Crippen LogP contribution is 2.66. The zero-order valence-corrected chi connectivity index (χ0v) is 21.6. The minimum atomic E-state index is -5.74. The molecule has 2 aromatic rings. The Hall–Kier alpha value is -2.50. The first-order valence-corrected chi connectivity index (χ1v) is 14.8. The smallest absolute Gasteiger partial charge is 0.459 e. The molecule has 0 bridgehead atoms. The number of hydrogen-bond acceptors (Lipinski definition) is 14. The van der Waals surface area contributed by atoms with Gasteiger partial charge in [-0.25, -0.2) is 28.6 Å². The van der Waals surface area contributed by atoms with E-state index in [1.807, 2.05) is 0 Å². The van der Waals surface area contributed by atoms with Crippen molar-refractivity contribution in [3.05, 3.63) is 23.1 Å². The van der Waals surface area contributed by atoms with Crippen LogP contribution < -0.4 is 5.73 Å². The molecule has 1 aliphatic heterocycles. The van der Waals surface area contributed by atoms with Crippen LogP contribution in [0.5, 0.6) is 0 Å². The predicted molar refractivity (Wildman–Crippen MR) is 121 cm³/mol. The van der Waals surface area contributed by atoms with Crippen LogP contribution in [0.2, 0.25) is 0 Å². The summed E-state index contributed by atoms with van der Waals surface area (Å²) in [4.78, 5) is 63.2. The summed E-state index contributed by atoms with van der Waals surface area (Å²) in [6, 6.07) is 0. The third-order valence-electron chi connectivity index (χ3n) is 4.68. The van der Waals surface area contributed by atoms with E-state index in [4.69, 9.17) is 30.5 Å². The fourth-order valence-electron chi connectivity index (χ4n) is 3.26. The van der Waals surface area contributed by atoms with Crippen molar-refractivity contribution in [2.24, 2.45) is 5.11 Å². The van der Waals surface area contributed by atoms with Gasteiger partial charge in [0.1, 0.15) is 30.3 Å². The molecule has 210 valence electrons. The van der Waals surface area contributed by atoms with Crippen molar-refractivity contribution in [2.75, 3.05) is 18.9 Å². The molecule has 1 aliphatic rings. The Bertz CT molecular complexity index is 1360. The van der Waals surface area contributed by atoms with Crippen LogP contribution in [-0.4, -0.2) is 70.4 Å². The first-order chi connectivity index (χ1) is 17.7. The lowest BCUT2D eigenvalue weighted by Gasteiger charge is -2.21. The van der Waals surface area contributed by atoms with Crippen LogP contribution in [0, 0.1) is 0 Å². The van der Waals surface area contributed by atoms with Crippen molar-refractivity contribution in [2.45, 2.75) is 37.7 Å². The van der Waals surface area contributed by atoms with Crippen LogP contribution in [0.25, 0.3) is 21.6 Å². The summed E-state index contributed by atoms with van der Waals surface area (Å²) in [5.74, 6) is -0.642.